The predicted octanol–water partition coefficient (Wildman–Crippen LogP) is 3.19. The lowest BCUT2D eigenvalue weighted by Crippen LogP contribution is -1.94. The lowest BCUT2D eigenvalue weighted by molar-refractivity contribution is -0.116. The number of halogens is 1. The molecule has 4 heteroatoms. The molecule has 1 heterocycles. The number of fused-ring (bicyclic) bond motifs is 1. The van der Waals surface area contributed by atoms with E-state index >= 15 is 0 Å². The SMILES string of the molecule is CC(=O)Cc1nc2c(Br)cccc2s1. The van der Waals surface area contributed by atoms with Gasteiger partial charge in [0.2, 0.25) is 0 Å². The summed E-state index contributed by atoms with van der Waals surface area (Å²) in [6.45, 7) is 1.58. The number of carbonyl (C=O) groups excluding carboxylic acids is 1. The molecule has 1 aromatic carbocycles. The molecule has 0 saturated heterocycles. The fourth-order valence-corrected chi connectivity index (χ4v) is 2.90. The molecule has 0 N–H and O–H groups in total. The standard InChI is InChI=1S/C10H8BrNOS/c1-6(13)5-9-12-10-7(11)3-2-4-8(10)14-9/h2-4H,5H2,1H3. The van der Waals surface area contributed by atoms with Crippen LogP contribution in [-0.2, 0) is 11.2 Å². The molecular formula is C10H8BrNOS. The van der Waals surface area contributed by atoms with Gasteiger partial charge < -0.3 is 0 Å². The Kier molecular flexibility index (Phi) is 2.65. The Labute approximate surface area is 94.1 Å². The third kappa shape index (κ3) is 1.86. The zero-order valence-corrected chi connectivity index (χ0v) is 9.98. The van der Waals surface area contributed by atoms with Gasteiger partial charge >= 0.3 is 0 Å². The van der Waals surface area contributed by atoms with Crippen LogP contribution in [0.3, 0.4) is 0 Å². The molecule has 0 amide bonds. The van der Waals surface area contributed by atoms with Crippen molar-refractivity contribution in [3.63, 3.8) is 0 Å². The second-order valence-corrected chi connectivity index (χ2v) is 5.04. The minimum absolute atomic E-state index is 0.153. The number of benzene rings is 1. The molecule has 0 aliphatic carbocycles. The molecule has 2 nitrogen and oxygen atoms in total. The topological polar surface area (TPSA) is 30.0 Å². The number of thiazole rings is 1. The van der Waals surface area contributed by atoms with E-state index < -0.39 is 0 Å². The van der Waals surface area contributed by atoms with E-state index in [4.69, 9.17) is 0 Å². The van der Waals surface area contributed by atoms with Gasteiger partial charge in [-0.15, -0.1) is 11.3 Å². The quantitative estimate of drug-likeness (QED) is 0.838. The molecule has 0 saturated carbocycles. The maximum Gasteiger partial charge on any atom is 0.136 e. The highest BCUT2D eigenvalue weighted by molar-refractivity contribution is 9.10. The lowest BCUT2D eigenvalue weighted by Gasteiger charge is -1.88. The van der Waals surface area contributed by atoms with Crippen LogP contribution < -0.4 is 0 Å². The van der Waals surface area contributed by atoms with Crippen LogP contribution in [-0.4, -0.2) is 10.8 Å². The van der Waals surface area contributed by atoms with E-state index in [1.807, 2.05) is 18.2 Å². The highest BCUT2D eigenvalue weighted by atomic mass is 79.9. The number of Topliss-reactive ketones (excluding diaryl/α,β-unsaturated/α-hetero) is 1. The second-order valence-electron chi connectivity index (χ2n) is 3.07. The van der Waals surface area contributed by atoms with Crippen molar-refractivity contribution in [2.45, 2.75) is 13.3 Å². The molecule has 0 bridgehead atoms. The minimum Gasteiger partial charge on any atom is -0.300 e. The van der Waals surface area contributed by atoms with Crippen molar-refractivity contribution in [3.05, 3.63) is 27.7 Å². The molecule has 0 aliphatic heterocycles. The van der Waals surface area contributed by atoms with Crippen LogP contribution in [0.2, 0.25) is 0 Å². The third-order valence-electron chi connectivity index (χ3n) is 1.81. The summed E-state index contributed by atoms with van der Waals surface area (Å²) in [7, 11) is 0. The van der Waals surface area contributed by atoms with Gasteiger partial charge in [0.1, 0.15) is 10.8 Å². The van der Waals surface area contributed by atoms with Crippen molar-refractivity contribution in [3.8, 4) is 0 Å². The van der Waals surface area contributed by atoms with E-state index in [0.29, 0.717) is 6.42 Å². The maximum absolute atomic E-state index is 10.9. The van der Waals surface area contributed by atoms with Gasteiger partial charge in [0, 0.05) is 4.47 Å². The number of rotatable bonds is 2. The summed E-state index contributed by atoms with van der Waals surface area (Å²) in [5, 5.41) is 0.888. The smallest absolute Gasteiger partial charge is 0.136 e. The van der Waals surface area contributed by atoms with Crippen LogP contribution in [0, 0.1) is 0 Å². The van der Waals surface area contributed by atoms with Gasteiger partial charge in [0.05, 0.1) is 16.6 Å². The Morgan fingerprint density at radius 2 is 2.36 bits per heavy atom. The Balaban J connectivity index is 2.51. The molecule has 2 aromatic rings. The monoisotopic (exact) mass is 269 g/mol. The van der Waals surface area contributed by atoms with Crippen molar-refractivity contribution >= 4 is 43.3 Å². The summed E-state index contributed by atoms with van der Waals surface area (Å²) in [5.41, 5.74) is 0.953. The van der Waals surface area contributed by atoms with Crippen molar-refractivity contribution in [2.24, 2.45) is 0 Å². The molecule has 0 radical (unpaired) electrons. The molecule has 2 rings (SSSR count). The number of nitrogens with zero attached hydrogens (tertiary/aromatic N) is 1. The normalized spacial score (nSPS) is 10.7. The highest BCUT2D eigenvalue weighted by Crippen LogP contribution is 2.28. The van der Waals surface area contributed by atoms with Crippen LogP contribution in [0.25, 0.3) is 10.2 Å². The lowest BCUT2D eigenvalue weighted by atomic mass is 10.3. The Morgan fingerprint density at radius 3 is 3.00 bits per heavy atom. The largest absolute Gasteiger partial charge is 0.300 e. The molecule has 0 unspecified atom stereocenters. The summed E-state index contributed by atoms with van der Waals surface area (Å²) < 4.78 is 2.11. The molecule has 1 aromatic heterocycles. The van der Waals surface area contributed by atoms with E-state index in [0.717, 1.165) is 19.7 Å². The van der Waals surface area contributed by atoms with Crippen LogP contribution in [0.15, 0.2) is 22.7 Å². The van der Waals surface area contributed by atoms with Gasteiger partial charge in [-0.05, 0) is 35.0 Å². The van der Waals surface area contributed by atoms with Gasteiger partial charge in [0.25, 0.3) is 0 Å². The average Bonchev–Trinajstić information content (AvgIpc) is 2.47. The maximum atomic E-state index is 10.9. The fourth-order valence-electron chi connectivity index (χ4n) is 1.25. The van der Waals surface area contributed by atoms with Gasteiger partial charge in [0.15, 0.2) is 0 Å². The van der Waals surface area contributed by atoms with E-state index in [-0.39, 0.29) is 5.78 Å². The fraction of sp³-hybridized carbons (Fsp3) is 0.200. The zero-order valence-electron chi connectivity index (χ0n) is 7.58. The number of ketones is 1. The van der Waals surface area contributed by atoms with E-state index in [9.17, 15) is 4.79 Å². The van der Waals surface area contributed by atoms with Gasteiger partial charge in [-0.3, -0.25) is 4.79 Å². The Morgan fingerprint density at radius 1 is 1.57 bits per heavy atom. The molecular weight excluding hydrogens is 262 g/mol. The predicted molar refractivity (Wildman–Crippen MR) is 61.7 cm³/mol. The van der Waals surface area contributed by atoms with Crippen molar-refractivity contribution in [2.75, 3.05) is 0 Å². The summed E-state index contributed by atoms with van der Waals surface area (Å²) >= 11 is 5.01. The second kappa shape index (κ2) is 3.79. The van der Waals surface area contributed by atoms with E-state index in [1.54, 1.807) is 18.3 Å². The Bertz CT molecular complexity index is 492. The summed E-state index contributed by atoms with van der Waals surface area (Å²) in [4.78, 5) is 15.3. The van der Waals surface area contributed by atoms with Gasteiger partial charge in [-0.2, -0.15) is 0 Å². The van der Waals surface area contributed by atoms with E-state index in [2.05, 4.69) is 20.9 Å². The van der Waals surface area contributed by atoms with Crippen molar-refractivity contribution < 1.29 is 4.79 Å². The van der Waals surface area contributed by atoms with Gasteiger partial charge in [-0.25, -0.2) is 4.98 Å². The molecule has 14 heavy (non-hydrogen) atoms. The summed E-state index contributed by atoms with van der Waals surface area (Å²) in [6, 6.07) is 5.95. The minimum atomic E-state index is 0.153. The van der Waals surface area contributed by atoms with Crippen molar-refractivity contribution in [1.29, 1.82) is 0 Å². The Hall–Kier alpha value is -0.740. The van der Waals surface area contributed by atoms with Gasteiger partial charge in [-0.1, -0.05) is 6.07 Å². The first-order valence-corrected chi connectivity index (χ1v) is 5.81. The van der Waals surface area contributed by atoms with Crippen LogP contribution in [0.1, 0.15) is 11.9 Å². The highest BCUT2D eigenvalue weighted by Gasteiger charge is 2.07. The van der Waals surface area contributed by atoms with Crippen LogP contribution in [0.4, 0.5) is 0 Å². The molecule has 72 valence electrons. The molecule has 0 aliphatic rings. The molecule has 0 fully saturated rings. The zero-order chi connectivity index (χ0) is 10.1. The van der Waals surface area contributed by atoms with Crippen LogP contribution in [0.5, 0.6) is 0 Å². The number of hydrogen-bond acceptors (Lipinski definition) is 3. The summed E-state index contributed by atoms with van der Waals surface area (Å²) in [5.74, 6) is 0.153. The number of carbonyl (C=O) groups is 1. The first kappa shape index (κ1) is 9.80. The first-order chi connectivity index (χ1) is 6.66. The number of aromatic nitrogens is 1. The van der Waals surface area contributed by atoms with Crippen LogP contribution >= 0.6 is 27.3 Å². The number of hydrogen-bond donors (Lipinski definition) is 0. The molecule has 0 spiro atoms. The molecule has 0 atom stereocenters. The van der Waals surface area contributed by atoms with E-state index in [1.165, 1.54) is 0 Å². The summed E-state index contributed by atoms with van der Waals surface area (Å²) in [6.07, 6.45) is 0.436. The third-order valence-corrected chi connectivity index (χ3v) is 3.47. The number of para-hydroxylation sites is 1. The average molecular weight is 270 g/mol. The van der Waals surface area contributed by atoms with Crippen molar-refractivity contribution in [1.82, 2.24) is 4.98 Å². The first-order valence-electron chi connectivity index (χ1n) is 4.20.